The number of rotatable bonds is 7. The Balaban J connectivity index is 2.95. The van der Waals surface area contributed by atoms with Crippen molar-refractivity contribution < 1.29 is 9.66 Å². The van der Waals surface area contributed by atoms with Gasteiger partial charge in [0.25, 0.3) is 5.69 Å². The van der Waals surface area contributed by atoms with Gasteiger partial charge in [-0.15, -0.1) is 0 Å². The maximum atomic E-state index is 10.7. The predicted octanol–water partition coefficient (Wildman–Crippen LogP) is 2.33. The van der Waals surface area contributed by atoms with Crippen molar-refractivity contribution in [2.45, 2.75) is 26.8 Å². The highest BCUT2D eigenvalue weighted by Crippen LogP contribution is 2.20. The molecule has 0 amide bonds. The molecule has 0 radical (unpaired) electrons. The van der Waals surface area contributed by atoms with Crippen LogP contribution in [0.5, 0.6) is 0 Å². The van der Waals surface area contributed by atoms with E-state index in [1.807, 2.05) is 26.8 Å². The molecule has 0 fully saturated rings. The third-order valence-electron chi connectivity index (χ3n) is 2.83. The molecule has 1 aromatic heterocycles. The van der Waals surface area contributed by atoms with E-state index in [4.69, 9.17) is 10.00 Å². The summed E-state index contributed by atoms with van der Waals surface area (Å²) in [7, 11) is 0. The summed E-state index contributed by atoms with van der Waals surface area (Å²) in [6.45, 7) is 7.03. The van der Waals surface area contributed by atoms with Crippen molar-refractivity contribution in [2.24, 2.45) is 5.92 Å². The lowest BCUT2D eigenvalue weighted by atomic mass is 10.1. The summed E-state index contributed by atoms with van der Waals surface area (Å²) >= 11 is 0. The van der Waals surface area contributed by atoms with E-state index in [0.717, 1.165) is 6.20 Å². The molecule has 0 bridgehead atoms. The molecule has 1 aromatic rings. The van der Waals surface area contributed by atoms with E-state index in [0.29, 0.717) is 19.0 Å². The number of nitro groups is 1. The summed E-state index contributed by atoms with van der Waals surface area (Å²) in [5.41, 5.74) is -0.0423. The maximum Gasteiger partial charge on any atom is 0.289 e. The summed E-state index contributed by atoms with van der Waals surface area (Å²) in [4.78, 5) is 14.1. The van der Waals surface area contributed by atoms with E-state index in [2.05, 4.69) is 10.3 Å². The lowest BCUT2D eigenvalue weighted by molar-refractivity contribution is -0.385. The first kappa shape index (κ1) is 15.9. The highest BCUT2D eigenvalue weighted by molar-refractivity contribution is 5.56. The van der Waals surface area contributed by atoms with Crippen molar-refractivity contribution in [1.82, 2.24) is 4.98 Å². The molecule has 1 rings (SSSR count). The SMILES string of the molecule is CCOCC(Nc1ncc([N+](=O)[O-])cc1C#N)C(C)C. The van der Waals surface area contributed by atoms with E-state index in [-0.39, 0.29) is 23.2 Å². The Morgan fingerprint density at radius 3 is 2.80 bits per heavy atom. The van der Waals surface area contributed by atoms with E-state index in [1.54, 1.807) is 0 Å². The summed E-state index contributed by atoms with van der Waals surface area (Å²) < 4.78 is 5.38. The van der Waals surface area contributed by atoms with Crippen LogP contribution in [0.25, 0.3) is 0 Å². The van der Waals surface area contributed by atoms with Crippen LogP contribution in [-0.2, 0) is 4.74 Å². The van der Waals surface area contributed by atoms with Crippen LogP contribution in [0, 0.1) is 27.4 Å². The number of hydrogen-bond donors (Lipinski definition) is 1. The van der Waals surface area contributed by atoms with E-state index in [1.165, 1.54) is 6.07 Å². The molecular weight excluding hydrogens is 260 g/mol. The van der Waals surface area contributed by atoms with Crippen LogP contribution in [0.15, 0.2) is 12.3 Å². The molecule has 1 unspecified atom stereocenters. The van der Waals surface area contributed by atoms with Gasteiger partial charge in [-0.3, -0.25) is 10.1 Å². The molecule has 0 saturated heterocycles. The Morgan fingerprint density at radius 2 is 2.30 bits per heavy atom. The van der Waals surface area contributed by atoms with Gasteiger partial charge in [0.2, 0.25) is 0 Å². The first-order valence-corrected chi connectivity index (χ1v) is 6.38. The summed E-state index contributed by atoms with van der Waals surface area (Å²) in [6, 6.07) is 3.12. The van der Waals surface area contributed by atoms with Gasteiger partial charge >= 0.3 is 0 Å². The van der Waals surface area contributed by atoms with Crippen molar-refractivity contribution in [3.8, 4) is 6.07 Å². The van der Waals surface area contributed by atoms with E-state index < -0.39 is 4.92 Å². The van der Waals surface area contributed by atoms with Crippen molar-refractivity contribution in [1.29, 1.82) is 5.26 Å². The minimum Gasteiger partial charge on any atom is -0.380 e. The zero-order valence-corrected chi connectivity index (χ0v) is 11.8. The number of anilines is 1. The minimum atomic E-state index is -0.572. The zero-order valence-electron chi connectivity index (χ0n) is 11.8. The molecule has 7 nitrogen and oxygen atoms in total. The molecule has 0 aromatic carbocycles. The van der Waals surface area contributed by atoms with Crippen LogP contribution in [0.2, 0.25) is 0 Å². The molecule has 0 aliphatic heterocycles. The second-order valence-electron chi connectivity index (χ2n) is 4.61. The van der Waals surface area contributed by atoms with Gasteiger partial charge in [0.15, 0.2) is 0 Å². The Bertz CT molecular complexity index is 511. The Kier molecular flexibility index (Phi) is 5.87. The second-order valence-corrected chi connectivity index (χ2v) is 4.61. The van der Waals surface area contributed by atoms with Crippen LogP contribution >= 0.6 is 0 Å². The zero-order chi connectivity index (χ0) is 15.1. The molecule has 1 heterocycles. The van der Waals surface area contributed by atoms with Crippen molar-refractivity contribution >= 4 is 11.5 Å². The Labute approximate surface area is 117 Å². The van der Waals surface area contributed by atoms with Gasteiger partial charge in [-0.1, -0.05) is 13.8 Å². The molecule has 0 spiro atoms. The lowest BCUT2D eigenvalue weighted by Gasteiger charge is -2.23. The van der Waals surface area contributed by atoms with Crippen LogP contribution in [-0.4, -0.2) is 29.2 Å². The van der Waals surface area contributed by atoms with Crippen molar-refractivity contribution in [3.63, 3.8) is 0 Å². The standard InChI is InChI=1S/C13H18N4O3/c1-4-20-8-12(9(2)3)16-13-10(6-14)5-11(7-15-13)17(18)19/h5,7,9,12H,4,8H2,1-3H3,(H,15,16). The quantitative estimate of drug-likeness (QED) is 0.606. The molecule has 1 N–H and O–H groups in total. The highest BCUT2D eigenvalue weighted by atomic mass is 16.6. The van der Waals surface area contributed by atoms with Gasteiger partial charge in [0.05, 0.1) is 17.6 Å². The molecule has 7 heteroatoms. The number of pyridine rings is 1. The first-order valence-electron chi connectivity index (χ1n) is 6.38. The molecule has 0 aliphatic rings. The van der Waals surface area contributed by atoms with Gasteiger partial charge in [-0.05, 0) is 12.8 Å². The third kappa shape index (κ3) is 4.17. The molecule has 0 saturated carbocycles. The second kappa shape index (κ2) is 7.40. The van der Waals surface area contributed by atoms with Gasteiger partial charge < -0.3 is 10.1 Å². The fourth-order valence-electron chi connectivity index (χ4n) is 1.58. The fourth-order valence-corrected chi connectivity index (χ4v) is 1.58. The number of ether oxygens (including phenoxy) is 1. The predicted molar refractivity (Wildman–Crippen MR) is 74.3 cm³/mol. The first-order chi connectivity index (χ1) is 9.49. The van der Waals surface area contributed by atoms with E-state index in [9.17, 15) is 10.1 Å². The van der Waals surface area contributed by atoms with E-state index >= 15 is 0 Å². The maximum absolute atomic E-state index is 10.7. The van der Waals surface area contributed by atoms with Gasteiger partial charge in [-0.2, -0.15) is 5.26 Å². The normalized spacial score (nSPS) is 11.9. The summed E-state index contributed by atoms with van der Waals surface area (Å²) in [5, 5.41) is 22.9. The highest BCUT2D eigenvalue weighted by Gasteiger charge is 2.18. The van der Waals surface area contributed by atoms with Gasteiger partial charge in [-0.25, -0.2) is 4.98 Å². The minimum absolute atomic E-state index is 0.0176. The van der Waals surface area contributed by atoms with Gasteiger partial charge in [0.1, 0.15) is 23.6 Å². The van der Waals surface area contributed by atoms with Crippen LogP contribution in [0.4, 0.5) is 11.5 Å². The number of nitrogens with zero attached hydrogens (tertiary/aromatic N) is 3. The number of nitrogens with one attached hydrogen (secondary N) is 1. The average Bonchev–Trinajstić information content (AvgIpc) is 2.42. The molecule has 0 aliphatic carbocycles. The largest absolute Gasteiger partial charge is 0.380 e. The molecule has 108 valence electrons. The number of hydrogen-bond acceptors (Lipinski definition) is 6. The number of nitriles is 1. The summed E-state index contributed by atoms with van der Waals surface area (Å²) in [5.74, 6) is 0.613. The lowest BCUT2D eigenvalue weighted by Crippen LogP contribution is -2.31. The molecule has 1 atom stereocenters. The fraction of sp³-hybridized carbons (Fsp3) is 0.538. The molecule has 20 heavy (non-hydrogen) atoms. The summed E-state index contributed by atoms with van der Waals surface area (Å²) in [6.07, 6.45) is 1.14. The Hall–Kier alpha value is -2.20. The van der Waals surface area contributed by atoms with Crippen LogP contribution in [0.1, 0.15) is 26.3 Å². The smallest absolute Gasteiger partial charge is 0.289 e. The van der Waals surface area contributed by atoms with Crippen molar-refractivity contribution in [3.05, 3.63) is 27.9 Å². The van der Waals surface area contributed by atoms with Crippen LogP contribution < -0.4 is 5.32 Å². The third-order valence-corrected chi connectivity index (χ3v) is 2.83. The van der Waals surface area contributed by atoms with Gasteiger partial charge in [0, 0.05) is 12.7 Å². The average molecular weight is 278 g/mol. The topological polar surface area (TPSA) is 101 Å². The van der Waals surface area contributed by atoms with Crippen molar-refractivity contribution in [2.75, 3.05) is 18.5 Å². The monoisotopic (exact) mass is 278 g/mol. The Morgan fingerprint density at radius 1 is 1.60 bits per heavy atom. The molecular formula is C13H18N4O3. The number of aromatic nitrogens is 1. The van der Waals surface area contributed by atoms with Crippen LogP contribution in [0.3, 0.4) is 0 Å².